The summed E-state index contributed by atoms with van der Waals surface area (Å²) in [5.74, 6) is 5.16. The van der Waals surface area contributed by atoms with Crippen molar-refractivity contribution in [2.45, 2.75) is 37.8 Å². The van der Waals surface area contributed by atoms with Crippen LogP contribution in [-0.4, -0.2) is 26.7 Å². The smallest absolute Gasteiger partial charge is 0.268 e. The van der Waals surface area contributed by atoms with E-state index in [9.17, 15) is 14.3 Å². The number of nitrogens with zero attached hydrogens (tertiary/aromatic N) is 2. The number of carbonyl (C=O) groups is 1. The van der Waals surface area contributed by atoms with Crippen LogP contribution >= 0.6 is 0 Å². The first-order valence-corrected chi connectivity index (χ1v) is 7.86. The molecule has 3 aliphatic rings. The summed E-state index contributed by atoms with van der Waals surface area (Å²) in [6.07, 6.45) is 2.64. The molecule has 0 saturated heterocycles. The maximum absolute atomic E-state index is 14.4. The molecular weight excluding hydrogens is 309 g/mol. The summed E-state index contributed by atoms with van der Waals surface area (Å²) in [5, 5.41) is 9.30. The van der Waals surface area contributed by atoms with E-state index < -0.39 is 17.8 Å². The standard InChI is InChI=1S/C18H16FN3O2/c1-9(23)2-3-10-6-14-13(7-15(10)19)11-4-12(5-11)22-8-16(17(20)24)21-18(14)22/h6-9,11-12,23H,4-5H2,1H3,(H2,20,24). The zero-order chi connectivity index (χ0) is 17.0. The number of benzene rings is 1. The van der Waals surface area contributed by atoms with Gasteiger partial charge in [0.25, 0.3) is 5.91 Å². The summed E-state index contributed by atoms with van der Waals surface area (Å²) >= 11 is 0. The summed E-state index contributed by atoms with van der Waals surface area (Å²) in [6.45, 7) is 1.52. The molecule has 1 fully saturated rings. The van der Waals surface area contributed by atoms with Crippen LogP contribution in [0.5, 0.6) is 0 Å². The highest BCUT2D eigenvalue weighted by molar-refractivity contribution is 5.91. The van der Waals surface area contributed by atoms with Crippen molar-refractivity contribution >= 4 is 5.91 Å². The number of primary amides is 1. The van der Waals surface area contributed by atoms with Crippen molar-refractivity contribution in [3.63, 3.8) is 0 Å². The molecule has 0 radical (unpaired) electrons. The normalized spacial score (nSPS) is 21.5. The van der Waals surface area contributed by atoms with Crippen LogP contribution < -0.4 is 5.73 Å². The number of imidazole rings is 1. The van der Waals surface area contributed by atoms with E-state index in [0.717, 1.165) is 24.0 Å². The molecule has 1 aliphatic carbocycles. The average Bonchev–Trinajstić information content (AvgIpc) is 2.81. The number of aliphatic hydroxyl groups excluding tert-OH is 1. The highest BCUT2D eigenvalue weighted by atomic mass is 19.1. The van der Waals surface area contributed by atoms with Crippen LogP contribution in [0.25, 0.3) is 11.4 Å². The largest absolute Gasteiger partial charge is 0.381 e. The van der Waals surface area contributed by atoms with Gasteiger partial charge in [0.2, 0.25) is 0 Å². The number of nitrogens with two attached hydrogens (primary N) is 1. The van der Waals surface area contributed by atoms with Crippen LogP contribution in [0.4, 0.5) is 4.39 Å². The van der Waals surface area contributed by atoms with Gasteiger partial charge in [0.15, 0.2) is 0 Å². The second kappa shape index (κ2) is 5.18. The lowest BCUT2D eigenvalue weighted by atomic mass is 9.75. The molecule has 1 aromatic carbocycles. The molecule has 1 amide bonds. The summed E-state index contributed by atoms with van der Waals surface area (Å²) in [7, 11) is 0. The van der Waals surface area contributed by atoms with E-state index in [1.807, 2.05) is 4.57 Å². The number of hydrogen-bond acceptors (Lipinski definition) is 3. The number of carbonyl (C=O) groups excluding carboxylic acids is 1. The minimum absolute atomic E-state index is 0.210. The quantitative estimate of drug-likeness (QED) is 0.786. The molecule has 1 aromatic heterocycles. The van der Waals surface area contributed by atoms with E-state index in [4.69, 9.17) is 5.73 Å². The Morgan fingerprint density at radius 2 is 2.25 bits per heavy atom. The molecule has 5 rings (SSSR count). The van der Waals surface area contributed by atoms with E-state index in [1.54, 1.807) is 12.3 Å². The second-order valence-corrected chi connectivity index (χ2v) is 6.41. The van der Waals surface area contributed by atoms with Crippen molar-refractivity contribution in [2.24, 2.45) is 5.73 Å². The SMILES string of the molecule is CC(O)C#Cc1cc2c(cc1F)C1CC(C1)n1cc(C(N)=O)nc1-2. The molecule has 6 heteroatoms. The van der Waals surface area contributed by atoms with Gasteiger partial charge in [-0.05, 0) is 43.4 Å². The number of amides is 1. The van der Waals surface area contributed by atoms with Gasteiger partial charge in [0.1, 0.15) is 23.4 Å². The van der Waals surface area contributed by atoms with Gasteiger partial charge >= 0.3 is 0 Å². The summed E-state index contributed by atoms with van der Waals surface area (Å²) < 4.78 is 16.3. The number of aliphatic hydroxyl groups is 1. The number of halogens is 1. The van der Waals surface area contributed by atoms with E-state index in [1.165, 1.54) is 13.0 Å². The Labute approximate surface area is 138 Å². The lowest BCUT2D eigenvalue weighted by Gasteiger charge is -2.34. The average molecular weight is 325 g/mol. The van der Waals surface area contributed by atoms with Gasteiger partial charge in [0, 0.05) is 17.8 Å². The highest BCUT2D eigenvalue weighted by Gasteiger charge is 2.39. The first-order valence-electron chi connectivity index (χ1n) is 7.86. The number of hydrogen-bond donors (Lipinski definition) is 2. The maximum atomic E-state index is 14.4. The molecule has 2 aromatic rings. The minimum Gasteiger partial charge on any atom is -0.381 e. The first kappa shape index (κ1) is 14.9. The fraction of sp³-hybridized carbons (Fsp3) is 0.333. The predicted octanol–water partition coefficient (Wildman–Crippen LogP) is 1.95. The zero-order valence-corrected chi connectivity index (χ0v) is 13.1. The van der Waals surface area contributed by atoms with Crippen LogP contribution in [0.3, 0.4) is 0 Å². The van der Waals surface area contributed by atoms with Crippen LogP contribution in [0.15, 0.2) is 18.3 Å². The Balaban J connectivity index is 1.92. The van der Waals surface area contributed by atoms with E-state index >= 15 is 0 Å². The molecule has 1 atom stereocenters. The van der Waals surface area contributed by atoms with Gasteiger partial charge in [-0.15, -0.1) is 0 Å². The molecule has 1 saturated carbocycles. The van der Waals surface area contributed by atoms with E-state index in [-0.39, 0.29) is 23.2 Å². The molecule has 24 heavy (non-hydrogen) atoms. The van der Waals surface area contributed by atoms with Gasteiger partial charge in [-0.3, -0.25) is 4.79 Å². The fourth-order valence-electron chi connectivity index (χ4n) is 3.46. The van der Waals surface area contributed by atoms with Gasteiger partial charge < -0.3 is 15.4 Å². The van der Waals surface area contributed by atoms with Crippen molar-refractivity contribution in [3.05, 3.63) is 41.0 Å². The maximum Gasteiger partial charge on any atom is 0.268 e. The van der Waals surface area contributed by atoms with E-state index in [0.29, 0.717) is 5.82 Å². The second-order valence-electron chi connectivity index (χ2n) is 6.41. The van der Waals surface area contributed by atoms with Crippen LogP contribution in [0.1, 0.15) is 53.3 Å². The number of aromatic nitrogens is 2. The monoisotopic (exact) mass is 325 g/mol. The summed E-state index contributed by atoms with van der Waals surface area (Å²) in [5.41, 5.74) is 7.45. The lowest BCUT2D eigenvalue weighted by molar-refractivity contribution is 0.0995. The Morgan fingerprint density at radius 3 is 2.92 bits per heavy atom. The van der Waals surface area contributed by atoms with E-state index in [2.05, 4.69) is 16.8 Å². The van der Waals surface area contributed by atoms with Gasteiger partial charge in [-0.2, -0.15) is 0 Å². The predicted molar refractivity (Wildman–Crippen MR) is 85.7 cm³/mol. The van der Waals surface area contributed by atoms with Crippen molar-refractivity contribution in [3.8, 4) is 23.2 Å². The molecule has 3 N–H and O–H groups in total. The van der Waals surface area contributed by atoms with Gasteiger partial charge in [-0.1, -0.05) is 11.8 Å². The van der Waals surface area contributed by atoms with Crippen LogP contribution in [0.2, 0.25) is 0 Å². The Kier molecular flexibility index (Phi) is 3.22. The highest BCUT2D eigenvalue weighted by Crippen LogP contribution is 2.52. The van der Waals surface area contributed by atoms with Crippen LogP contribution in [0, 0.1) is 17.7 Å². The lowest BCUT2D eigenvalue weighted by Crippen LogP contribution is -2.22. The molecule has 3 heterocycles. The Bertz CT molecular complexity index is 914. The fourth-order valence-corrected chi connectivity index (χ4v) is 3.46. The molecule has 2 bridgehead atoms. The third kappa shape index (κ3) is 2.21. The first-order chi connectivity index (χ1) is 11.4. The molecule has 1 unspecified atom stereocenters. The number of rotatable bonds is 1. The summed E-state index contributed by atoms with van der Waals surface area (Å²) in [6, 6.07) is 3.43. The molecule has 0 spiro atoms. The van der Waals surface area contributed by atoms with Crippen molar-refractivity contribution in [2.75, 3.05) is 0 Å². The van der Waals surface area contributed by atoms with Gasteiger partial charge in [-0.25, -0.2) is 9.37 Å². The topological polar surface area (TPSA) is 81.1 Å². The Morgan fingerprint density at radius 1 is 1.50 bits per heavy atom. The zero-order valence-electron chi connectivity index (χ0n) is 13.1. The molecular formula is C18H16FN3O2. The molecule has 2 aliphatic heterocycles. The third-order valence-corrected chi connectivity index (χ3v) is 4.73. The molecule has 122 valence electrons. The summed E-state index contributed by atoms with van der Waals surface area (Å²) in [4.78, 5) is 15.8. The van der Waals surface area contributed by atoms with Gasteiger partial charge in [0.05, 0.1) is 5.56 Å². The minimum atomic E-state index is -0.834. The van der Waals surface area contributed by atoms with Crippen molar-refractivity contribution in [1.29, 1.82) is 0 Å². The Hall–Kier alpha value is -2.65. The van der Waals surface area contributed by atoms with Crippen molar-refractivity contribution in [1.82, 2.24) is 9.55 Å². The molecule has 5 nitrogen and oxygen atoms in total. The third-order valence-electron chi connectivity index (χ3n) is 4.73. The van der Waals surface area contributed by atoms with Crippen molar-refractivity contribution < 1.29 is 14.3 Å². The van der Waals surface area contributed by atoms with Crippen LogP contribution in [-0.2, 0) is 0 Å².